The van der Waals surface area contributed by atoms with Crippen molar-refractivity contribution in [2.45, 2.75) is 13.3 Å². The highest BCUT2D eigenvalue weighted by Gasteiger charge is 2.23. The minimum absolute atomic E-state index is 0.379. The highest BCUT2D eigenvalue weighted by Crippen LogP contribution is 2.36. The van der Waals surface area contributed by atoms with E-state index in [2.05, 4.69) is 30.0 Å². The van der Waals surface area contributed by atoms with Gasteiger partial charge in [0, 0.05) is 12.2 Å². The molecular formula is C16H16N2O. The molecule has 96 valence electrons. The number of para-hydroxylation sites is 1. The summed E-state index contributed by atoms with van der Waals surface area (Å²) in [6, 6.07) is 13.9. The number of hydrogen-bond acceptors (Lipinski definition) is 2. The molecule has 3 rings (SSSR count). The molecule has 0 spiro atoms. The molecule has 1 amide bonds. The number of rotatable bonds is 2. The molecule has 19 heavy (non-hydrogen) atoms. The molecule has 3 nitrogen and oxygen atoms in total. The van der Waals surface area contributed by atoms with Crippen LogP contribution < -0.4 is 10.6 Å². The number of carbonyl (C=O) groups is 1. The second-order valence-corrected chi connectivity index (χ2v) is 4.92. The number of benzene rings is 2. The zero-order chi connectivity index (χ0) is 13.4. The maximum Gasteiger partial charge on any atom is 0.250 e. The molecule has 1 aliphatic heterocycles. The first-order chi connectivity index (χ1) is 9.16. The summed E-state index contributed by atoms with van der Waals surface area (Å²) in [6.45, 7) is 2.99. The van der Waals surface area contributed by atoms with Crippen LogP contribution in [0.2, 0.25) is 0 Å². The highest BCUT2D eigenvalue weighted by molar-refractivity contribution is 5.99. The van der Waals surface area contributed by atoms with E-state index in [0.717, 1.165) is 18.7 Å². The van der Waals surface area contributed by atoms with Crippen LogP contribution in [0.1, 0.15) is 21.5 Å². The van der Waals surface area contributed by atoms with Crippen molar-refractivity contribution in [3.63, 3.8) is 0 Å². The molecule has 0 aliphatic carbocycles. The Kier molecular flexibility index (Phi) is 2.75. The zero-order valence-corrected chi connectivity index (χ0v) is 10.9. The number of hydrogen-bond donors (Lipinski definition) is 1. The Morgan fingerprint density at radius 2 is 1.95 bits per heavy atom. The minimum Gasteiger partial charge on any atom is -0.366 e. The Bertz CT molecular complexity index is 649. The molecule has 1 aliphatic rings. The van der Waals surface area contributed by atoms with Gasteiger partial charge in [0.25, 0.3) is 5.91 Å². The summed E-state index contributed by atoms with van der Waals surface area (Å²) in [5.74, 6) is -0.379. The minimum atomic E-state index is -0.379. The van der Waals surface area contributed by atoms with Crippen LogP contribution in [0.4, 0.5) is 11.4 Å². The van der Waals surface area contributed by atoms with Gasteiger partial charge >= 0.3 is 0 Å². The van der Waals surface area contributed by atoms with Gasteiger partial charge in [0.15, 0.2) is 0 Å². The summed E-state index contributed by atoms with van der Waals surface area (Å²) in [5, 5.41) is 0. The van der Waals surface area contributed by atoms with Gasteiger partial charge in [-0.05, 0) is 37.1 Å². The summed E-state index contributed by atoms with van der Waals surface area (Å²) >= 11 is 0. The molecule has 0 fully saturated rings. The van der Waals surface area contributed by atoms with E-state index in [1.54, 1.807) is 6.07 Å². The van der Waals surface area contributed by atoms with Crippen LogP contribution in [0.5, 0.6) is 0 Å². The fourth-order valence-electron chi connectivity index (χ4n) is 2.70. The van der Waals surface area contributed by atoms with E-state index in [1.165, 1.54) is 16.8 Å². The smallest absolute Gasteiger partial charge is 0.250 e. The van der Waals surface area contributed by atoms with Crippen LogP contribution >= 0.6 is 0 Å². The summed E-state index contributed by atoms with van der Waals surface area (Å²) in [4.78, 5) is 13.7. The van der Waals surface area contributed by atoms with Gasteiger partial charge in [0.2, 0.25) is 0 Å². The third-order valence-electron chi connectivity index (χ3n) is 3.59. The van der Waals surface area contributed by atoms with Crippen molar-refractivity contribution in [2.24, 2.45) is 5.73 Å². The Balaban J connectivity index is 2.09. The van der Waals surface area contributed by atoms with Crippen LogP contribution in [0.25, 0.3) is 0 Å². The van der Waals surface area contributed by atoms with Crippen LogP contribution in [-0.2, 0) is 6.42 Å². The number of anilines is 2. The normalized spacial score (nSPS) is 13.4. The standard InChI is InChI=1S/C16H16N2O/c1-11-6-7-14-12(10-11)8-9-18(14)15-5-3-2-4-13(15)16(17)19/h2-7,10H,8-9H2,1H3,(H2,17,19). The average Bonchev–Trinajstić information content (AvgIpc) is 2.81. The maximum absolute atomic E-state index is 11.5. The van der Waals surface area contributed by atoms with Gasteiger partial charge in [0.1, 0.15) is 0 Å². The predicted molar refractivity (Wildman–Crippen MR) is 76.8 cm³/mol. The van der Waals surface area contributed by atoms with Crippen molar-refractivity contribution in [2.75, 3.05) is 11.4 Å². The number of aryl methyl sites for hydroxylation is 1. The lowest BCUT2D eigenvalue weighted by molar-refractivity contribution is 0.100. The molecule has 0 radical (unpaired) electrons. The number of fused-ring (bicyclic) bond motifs is 1. The first-order valence-corrected chi connectivity index (χ1v) is 6.43. The molecule has 0 unspecified atom stereocenters. The van der Waals surface area contributed by atoms with Gasteiger partial charge in [-0.2, -0.15) is 0 Å². The molecule has 2 aromatic carbocycles. The molecular weight excluding hydrogens is 236 g/mol. The van der Waals surface area contributed by atoms with Gasteiger partial charge in [-0.3, -0.25) is 4.79 Å². The van der Waals surface area contributed by atoms with Crippen molar-refractivity contribution < 1.29 is 4.79 Å². The van der Waals surface area contributed by atoms with Crippen molar-refractivity contribution in [1.29, 1.82) is 0 Å². The van der Waals surface area contributed by atoms with E-state index >= 15 is 0 Å². The van der Waals surface area contributed by atoms with Crippen molar-refractivity contribution in [3.05, 3.63) is 59.2 Å². The molecule has 0 saturated heterocycles. The predicted octanol–water partition coefficient (Wildman–Crippen LogP) is 2.79. The first-order valence-electron chi connectivity index (χ1n) is 6.43. The fourth-order valence-corrected chi connectivity index (χ4v) is 2.70. The summed E-state index contributed by atoms with van der Waals surface area (Å²) < 4.78 is 0. The number of primary amides is 1. The molecule has 0 bridgehead atoms. The number of nitrogens with zero attached hydrogens (tertiary/aromatic N) is 1. The van der Waals surface area contributed by atoms with Crippen LogP contribution in [0.15, 0.2) is 42.5 Å². The molecule has 3 heteroatoms. The van der Waals surface area contributed by atoms with Gasteiger partial charge in [-0.15, -0.1) is 0 Å². The molecule has 2 N–H and O–H groups in total. The van der Waals surface area contributed by atoms with Gasteiger partial charge in [-0.25, -0.2) is 0 Å². The number of amides is 1. The average molecular weight is 252 g/mol. The van der Waals surface area contributed by atoms with Crippen LogP contribution in [0, 0.1) is 6.92 Å². The molecule has 0 saturated carbocycles. The largest absolute Gasteiger partial charge is 0.366 e. The van der Waals surface area contributed by atoms with Gasteiger partial charge in [-0.1, -0.05) is 29.8 Å². The first kappa shape index (κ1) is 11.8. The van der Waals surface area contributed by atoms with Crippen LogP contribution in [0.3, 0.4) is 0 Å². The second-order valence-electron chi connectivity index (χ2n) is 4.92. The van der Waals surface area contributed by atoms with E-state index in [4.69, 9.17) is 5.73 Å². The lowest BCUT2D eigenvalue weighted by Crippen LogP contribution is -2.20. The second kappa shape index (κ2) is 4.43. The summed E-state index contributed by atoms with van der Waals surface area (Å²) in [6.07, 6.45) is 1.00. The van der Waals surface area contributed by atoms with Gasteiger partial charge < -0.3 is 10.6 Å². The maximum atomic E-state index is 11.5. The van der Waals surface area contributed by atoms with Gasteiger partial charge in [0.05, 0.1) is 11.3 Å². The van der Waals surface area contributed by atoms with E-state index < -0.39 is 0 Å². The monoisotopic (exact) mass is 252 g/mol. The molecule has 2 aromatic rings. The quantitative estimate of drug-likeness (QED) is 0.893. The SMILES string of the molecule is Cc1ccc2c(c1)CCN2c1ccccc1C(N)=O. The summed E-state index contributed by atoms with van der Waals surface area (Å²) in [7, 11) is 0. The lowest BCUT2D eigenvalue weighted by Gasteiger charge is -2.21. The zero-order valence-electron chi connectivity index (χ0n) is 10.9. The Morgan fingerprint density at radius 1 is 1.16 bits per heavy atom. The van der Waals surface area contributed by atoms with E-state index in [0.29, 0.717) is 5.56 Å². The topological polar surface area (TPSA) is 46.3 Å². The summed E-state index contributed by atoms with van der Waals surface area (Å²) in [5.41, 5.74) is 10.7. The Hall–Kier alpha value is -2.29. The highest BCUT2D eigenvalue weighted by atomic mass is 16.1. The molecule has 1 heterocycles. The van der Waals surface area contributed by atoms with Crippen molar-refractivity contribution >= 4 is 17.3 Å². The third-order valence-corrected chi connectivity index (χ3v) is 3.59. The Labute approximate surface area is 112 Å². The van der Waals surface area contributed by atoms with Crippen molar-refractivity contribution in [3.8, 4) is 0 Å². The Morgan fingerprint density at radius 3 is 2.74 bits per heavy atom. The fraction of sp³-hybridized carbons (Fsp3) is 0.188. The molecule has 0 aromatic heterocycles. The number of carbonyl (C=O) groups excluding carboxylic acids is 1. The van der Waals surface area contributed by atoms with Crippen LogP contribution in [-0.4, -0.2) is 12.5 Å². The van der Waals surface area contributed by atoms with E-state index in [1.807, 2.05) is 18.2 Å². The molecule has 0 atom stereocenters. The van der Waals surface area contributed by atoms with E-state index in [9.17, 15) is 4.79 Å². The van der Waals surface area contributed by atoms with E-state index in [-0.39, 0.29) is 5.91 Å². The number of nitrogens with two attached hydrogens (primary N) is 1. The third kappa shape index (κ3) is 1.97. The van der Waals surface area contributed by atoms with Crippen molar-refractivity contribution in [1.82, 2.24) is 0 Å². The lowest BCUT2D eigenvalue weighted by atomic mass is 10.1.